The molecule has 3 aromatic rings. The molecule has 0 bridgehead atoms. The number of nitrogens with zero attached hydrogens (tertiary/aromatic N) is 2. The van der Waals surface area contributed by atoms with Crippen LogP contribution in [-0.2, 0) is 0 Å². The van der Waals surface area contributed by atoms with Gasteiger partial charge in [0.15, 0.2) is 0 Å². The fourth-order valence-corrected chi connectivity index (χ4v) is 1.85. The minimum atomic E-state index is 0.187. The molecule has 0 spiro atoms. The summed E-state index contributed by atoms with van der Waals surface area (Å²) in [5.74, 6) is 0.579. The highest BCUT2D eigenvalue weighted by atomic mass is 15.0. The van der Waals surface area contributed by atoms with Crippen LogP contribution in [0.15, 0.2) is 36.7 Å². The first-order valence-corrected chi connectivity index (χ1v) is 5.19. The number of nitrogens with two attached hydrogens (primary N) is 2. The Kier molecular flexibility index (Phi) is 1.98. The van der Waals surface area contributed by atoms with Crippen LogP contribution in [0.25, 0.3) is 22.0 Å². The van der Waals surface area contributed by atoms with Crippen molar-refractivity contribution in [2.45, 2.75) is 0 Å². The number of anilines is 2. The maximum Gasteiger partial charge on any atom is 0.221 e. The molecular formula is C12H11N5. The summed E-state index contributed by atoms with van der Waals surface area (Å²) >= 11 is 0. The quantitative estimate of drug-likeness (QED) is 0.588. The first-order chi connectivity index (χ1) is 8.24. The first-order valence-electron chi connectivity index (χ1n) is 5.19. The third kappa shape index (κ3) is 1.57. The van der Waals surface area contributed by atoms with Crippen LogP contribution in [0.1, 0.15) is 0 Å². The molecular weight excluding hydrogens is 214 g/mol. The van der Waals surface area contributed by atoms with Gasteiger partial charge in [-0.3, -0.25) is 0 Å². The van der Waals surface area contributed by atoms with Gasteiger partial charge in [0.2, 0.25) is 5.95 Å². The van der Waals surface area contributed by atoms with Gasteiger partial charge in [-0.25, -0.2) is 4.98 Å². The second-order valence-corrected chi connectivity index (χ2v) is 3.81. The van der Waals surface area contributed by atoms with Crippen molar-refractivity contribution >= 4 is 22.7 Å². The second-order valence-electron chi connectivity index (χ2n) is 3.81. The highest BCUT2D eigenvalue weighted by molar-refractivity contribution is 5.86. The van der Waals surface area contributed by atoms with E-state index in [1.807, 2.05) is 30.5 Å². The normalized spacial score (nSPS) is 10.8. The van der Waals surface area contributed by atoms with E-state index in [1.165, 1.54) is 0 Å². The summed E-state index contributed by atoms with van der Waals surface area (Å²) in [5.41, 5.74) is 14.1. The van der Waals surface area contributed by atoms with Crippen molar-refractivity contribution in [3.63, 3.8) is 0 Å². The smallest absolute Gasteiger partial charge is 0.221 e. The molecule has 0 saturated heterocycles. The van der Waals surface area contributed by atoms with Gasteiger partial charge in [-0.15, -0.1) is 0 Å². The molecule has 0 aliphatic rings. The van der Waals surface area contributed by atoms with Gasteiger partial charge in [-0.05, 0) is 23.1 Å². The van der Waals surface area contributed by atoms with Crippen molar-refractivity contribution < 1.29 is 0 Å². The Morgan fingerprint density at radius 2 is 2.00 bits per heavy atom. The number of hydrogen-bond donors (Lipinski definition) is 3. The zero-order valence-corrected chi connectivity index (χ0v) is 9.01. The average Bonchev–Trinajstić information content (AvgIpc) is 2.75. The van der Waals surface area contributed by atoms with Crippen LogP contribution in [-0.4, -0.2) is 15.0 Å². The van der Waals surface area contributed by atoms with Crippen molar-refractivity contribution in [2.24, 2.45) is 0 Å². The van der Waals surface area contributed by atoms with E-state index >= 15 is 0 Å². The lowest BCUT2D eigenvalue weighted by Gasteiger charge is -2.05. The second kappa shape index (κ2) is 3.48. The molecule has 2 aromatic heterocycles. The Morgan fingerprint density at radius 3 is 2.82 bits per heavy atom. The third-order valence-corrected chi connectivity index (χ3v) is 2.70. The predicted octanol–water partition coefficient (Wildman–Crippen LogP) is 1.79. The van der Waals surface area contributed by atoms with Crippen molar-refractivity contribution in [3.8, 4) is 11.1 Å². The van der Waals surface area contributed by atoms with Gasteiger partial charge in [0.05, 0.1) is 0 Å². The van der Waals surface area contributed by atoms with E-state index in [1.54, 1.807) is 6.20 Å². The fraction of sp³-hybridized carbons (Fsp3) is 0. The minimum absolute atomic E-state index is 0.187. The molecule has 5 nitrogen and oxygen atoms in total. The van der Waals surface area contributed by atoms with Gasteiger partial charge in [0.1, 0.15) is 5.82 Å². The SMILES string of the molecule is Nc1ncc(-c2ccc3cc[nH]c3c2)c(N)n1. The summed E-state index contributed by atoms with van der Waals surface area (Å²) < 4.78 is 0. The lowest BCUT2D eigenvalue weighted by Crippen LogP contribution is -2.00. The van der Waals surface area contributed by atoms with Crippen molar-refractivity contribution in [1.82, 2.24) is 15.0 Å². The summed E-state index contributed by atoms with van der Waals surface area (Å²) in [6.07, 6.45) is 3.54. The molecule has 5 N–H and O–H groups in total. The van der Waals surface area contributed by atoms with Crippen LogP contribution < -0.4 is 11.5 Å². The third-order valence-electron chi connectivity index (χ3n) is 2.70. The topological polar surface area (TPSA) is 93.6 Å². The molecule has 0 radical (unpaired) electrons. The maximum absolute atomic E-state index is 5.83. The Morgan fingerprint density at radius 1 is 1.12 bits per heavy atom. The molecule has 2 heterocycles. The molecule has 0 unspecified atom stereocenters. The molecule has 0 saturated carbocycles. The Labute approximate surface area is 97.5 Å². The average molecular weight is 225 g/mol. The maximum atomic E-state index is 5.83. The van der Waals surface area contributed by atoms with Crippen molar-refractivity contribution in [1.29, 1.82) is 0 Å². The number of rotatable bonds is 1. The molecule has 84 valence electrons. The molecule has 1 aromatic carbocycles. The Hall–Kier alpha value is -2.56. The van der Waals surface area contributed by atoms with Gasteiger partial charge in [-0.1, -0.05) is 12.1 Å². The first kappa shape index (κ1) is 9.65. The number of nitrogens with one attached hydrogen (secondary N) is 1. The van der Waals surface area contributed by atoms with Crippen molar-refractivity contribution in [3.05, 3.63) is 36.7 Å². The van der Waals surface area contributed by atoms with Crippen LogP contribution in [0.4, 0.5) is 11.8 Å². The highest BCUT2D eigenvalue weighted by Crippen LogP contribution is 2.26. The zero-order valence-electron chi connectivity index (χ0n) is 9.01. The molecule has 0 aliphatic heterocycles. The van der Waals surface area contributed by atoms with Crippen LogP contribution >= 0.6 is 0 Å². The fourth-order valence-electron chi connectivity index (χ4n) is 1.85. The van der Waals surface area contributed by atoms with Gasteiger partial charge >= 0.3 is 0 Å². The molecule has 0 fully saturated rings. The predicted molar refractivity (Wildman–Crippen MR) is 68.1 cm³/mol. The number of hydrogen-bond acceptors (Lipinski definition) is 4. The molecule has 17 heavy (non-hydrogen) atoms. The highest BCUT2D eigenvalue weighted by Gasteiger charge is 2.06. The van der Waals surface area contributed by atoms with E-state index < -0.39 is 0 Å². The van der Waals surface area contributed by atoms with Crippen LogP contribution in [0.5, 0.6) is 0 Å². The lowest BCUT2D eigenvalue weighted by atomic mass is 10.1. The number of aromatic amines is 1. The molecule has 3 rings (SSSR count). The monoisotopic (exact) mass is 225 g/mol. The van der Waals surface area contributed by atoms with E-state index in [0.29, 0.717) is 5.82 Å². The van der Waals surface area contributed by atoms with E-state index in [2.05, 4.69) is 15.0 Å². The number of fused-ring (bicyclic) bond motifs is 1. The summed E-state index contributed by atoms with van der Waals surface area (Å²) in [4.78, 5) is 11.1. The van der Waals surface area contributed by atoms with Crippen LogP contribution in [0, 0.1) is 0 Å². The van der Waals surface area contributed by atoms with E-state index in [9.17, 15) is 0 Å². The minimum Gasteiger partial charge on any atom is -0.383 e. The molecule has 0 atom stereocenters. The largest absolute Gasteiger partial charge is 0.383 e. The number of nitrogen functional groups attached to an aromatic ring is 2. The van der Waals surface area contributed by atoms with E-state index in [4.69, 9.17) is 11.5 Å². The summed E-state index contributed by atoms with van der Waals surface area (Å²) in [6, 6.07) is 8.04. The zero-order chi connectivity index (χ0) is 11.8. The Bertz CT molecular complexity index is 686. The summed E-state index contributed by atoms with van der Waals surface area (Å²) in [6.45, 7) is 0. The van der Waals surface area contributed by atoms with E-state index in [0.717, 1.165) is 22.0 Å². The standard InChI is InChI=1S/C12H11N5/c13-11-9(6-16-12(14)17-11)8-2-1-7-3-4-15-10(7)5-8/h1-6,15H,(H4,13,14,16,17). The van der Waals surface area contributed by atoms with Gasteiger partial charge in [0, 0.05) is 23.5 Å². The van der Waals surface area contributed by atoms with Gasteiger partial charge in [-0.2, -0.15) is 4.98 Å². The summed E-state index contributed by atoms with van der Waals surface area (Å²) in [5, 5.41) is 1.16. The van der Waals surface area contributed by atoms with Crippen LogP contribution in [0.3, 0.4) is 0 Å². The van der Waals surface area contributed by atoms with Crippen molar-refractivity contribution in [2.75, 3.05) is 11.5 Å². The van der Waals surface area contributed by atoms with Gasteiger partial charge < -0.3 is 16.5 Å². The van der Waals surface area contributed by atoms with Crippen LogP contribution in [0.2, 0.25) is 0 Å². The number of benzene rings is 1. The Balaban J connectivity index is 2.19. The number of H-pyrrole nitrogens is 1. The summed E-state index contributed by atoms with van der Waals surface area (Å²) in [7, 11) is 0. The molecule has 5 heteroatoms. The number of aromatic nitrogens is 3. The molecule has 0 aliphatic carbocycles. The lowest BCUT2D eigenvalue weighted by molar-refractivity contribution is 1.20. The van der Waals surface area contributed by atoms with Gasteiger partial charge in [0.25, 0.3) is 0 Å². The molecule has 0 amide bonds. The van der Waals surface area contributed by atoms with E-state index in [-0.39, 0.29) is 5.95 Å².